The van der Waals surface area contributed by atoms with Crippen molar-refractivity contribution in [1.82, 2.24) is 19.9 Å². The van der Waals surface area contributed by atoms with E-state index in [1.807, 2.05) is 29.3 Å². The Balaban J connectivity index is 1.25. The van der Waals surface area contributed by atoms with Crippen molar-refractivity contribution in [3.05, 3.63) is 48.3 Å². The molecule has 2 aliphatic rings. The maximum absolute atomic E-state index is 12.7. The summed E-state index contributed by atoms with van der Waals surface area (Å²) in [6.45, 7) is 4.05. The number of nitrogens with zero attached hydrogens (tertiary/aromatic N) is 5. The van der Waals surface area contributed by atoms with Gasteiger partial charge in [0.05, 0.1) is 10.9 Å². The second kappa shape index (κ2) is 8.98. The van der Waals surface area contributed by atoms with E-state index in [0.717, 1.165) is 74.1 Å². The highest BCUT2D eigenvalue weighted by atomic mass is 16.3. The van der Waals surface area contributed by atoms with E-state index >= 15 is 0 Å². The number of amides is 1. The van der Waals surface area contributed by atoms with Gasteiger partial charge in [0, 0.05) is 51.0 Å². The van der Waals surface area contributed by atoms with Crippen LogP contribution in [0.1, 0.15) is 31.2 Å². The number of carbonyl (C=O) groups excluding carboxylic acids is 1. The number of pyridine rings is 1. The molecule has 2 aliphatic heterocycles. The monoisotopic (exact) mass is 432 g/mol. The second-order valence-corrected chi connectivity index (χ2v) is 8.57. The van der Waals surface area contributed by atoms with Gasteiger partial charge in [-0.25, -0.2) is 15.0 Å². The maximum atomic E-state index is 12.7. The lowest BCUT2D eigenvalue weighted by Gasteiger charge is -2.34. The molecule has 0 atom stereocenters. The number of aromatic nitrogens is 3. The number of phenolic OH excluding ortho intramolecular Hbond substituents is 1. The summed E-state index contributed by atoms with van der Waals surface area (Å²) >= 11 is 0. The molecule has 0 unspecified atom stereocenters. The summed E-state index contributed by atoms with van der Waals surface area (Å²) in [6.07, 6.45) is 7.61. The third-order valence-corrected chi connectivity index (χ3v) is 6.44. The average molecular weight is 433 g/mol. The number of carbonyl (C=O) groups is 1. The normalized spacial score (nSPS) is 17.1. The highest BCUT2D eigenvalue weighted by molar-refractivity contribution is 5.89. The molecule has 0 aliphatic carbocycles. The number of piperidine rings is 1. The number of anilines is 2. The van der Waals surface area contributed by atoms with Crippen LogP contribution in [0.25, 0.3) is 10.9 Å². The van der Waals surface area contributed by atoms with Gasteiger partial charge in [0.25, 0.3) is 0 Å². The average Bonchev–Trinajstić information content (AvgIpc) is 3.38. The van der Waals surface area contributed by atoms with Crippen LogP contribution < -0.4 is 10.2 Å². The van der Waals surface area contributed by atoms with Gasteiger partial charge in [-0.2, -0.15) is 0 Å². The van der Waals surface area contributed by atoms with Gasteiger partial charge < -0.3 is 20.2 Å². The van der Waals surface area contributed by atoms with E-state index in [1.54, 1.807) is 18.3 Å². The number of fused-ring (bicyclic) bond motifs is 1. The minimum Gasteiger partial charge on any atom is -0.508 e. The van der Waals surface area contributed by atoms with Crippen molar-refractivity contribution in [1.29, 1.82) is 0 Å². The molecular weight excluding hydrogens is 404 g/mol. The third kappa shape index (κ3) is 4.30. The van der Waals surface area contributed by atoms with E-state index in [9.17, 15) is 9.90 Å². The Bertz CT molecular complexity index is 1090. The highest BCUT2D eigenvalue weighted by Crippen LogP contribution is 2.29. The van der Waals surface area contributed by atoms with Gasteiger partial charge in [-0.1, -0.05) is 12.1 Å². The molecular formula is C24H28N6O2. The third-order valence-electron chi connectivity index (χ3n) is 6.44. The number of benzene rings is 1. The van der Waals surface area contributed by atoms with Crippen LogP contribution in [0, 0.1) is 5.92 Å². The summed E-state index contributed by atoms with van der Waals surface area (Å²) in [7, 11) is 0. The van der Waals surface area contributed by atoms with Gasteiger partial charge in [-0.15, -0.1) is 0 Å². The molecule has 0 radical (unpaired) electrons. The number of likely N-dealkylation sites (tertiary alicyclic amines) is 1. The van der Waals surface area contributed by atoms with E-state index < -0.39 is 0 Å². The van der Waals surface area contributed by atoms with E-state index in [4.69, 9.17) is 0 Å². The summed E-state index contributed by atoms with van der Waals surface area (Å²) < 4.78 is 0. The van der Waals surface area contributed by atoms with Gasteiger partial charge in [0.1, 0.15) is 11.6 Å². The van der Waals surface area contributed by atoms with Crippen LogP contribution in [0.3, 0.4) is 0 Å². The fourth-order valence-corrected chi connectivity index (χ4v) is 4.61. The molecule has 0 bridgehead atoms. The van der Waals surface area contributed by atoms with Crippen molar-refractivity contribution < 1.29 is 9.90 Å². The van der Waals surface area contributed by atoms with Crippen molar-refractivity contribution in [3.63, 3.8) is 0 Å². The molecule has 2 fully saturated rings. The number of rotatable bonds is 5. The lowest BCUT2D eigenvalue weighted by atomic mass is 9.95. The van der Waals surface area contributed by atoms with Crippen LogP contribution in [-0.2, 0) is 11.3 Å². The first-order chi connectivity index (χ1) is 15.7. The Morgan fingerprint density at radius 3 is 2.53 bits per heavy atom. The molecule has 3 aromatic rings. The number of hydrogen-bond acceptors (Lipinski definition) is 7. The highest BCUT2D eigenvalue weighted by Gasteiger charge is 2.30. The van der Waals surface area contributed by atoms with Crippen LogP contribution in [-0.4, -0.2) is 57.0 Å². The maximum Gasteiger partial charge on any atom is 0.225 e. The van der Waals surface area contributed by atoms with Crippen LogP contribution in [0.2, 0.25) is 0 Å². The standard InChI is InChI=1S/C24H28N6O2/c31-19-5-3-17(4-6-19)15-26-24-27-16-20-21(28-24)7-10-25-22(20)29-13-8-18(9-14-29)23(32)30-11-1-2-12-30/h3-7,10,16,18,31H,1-2,8-9,11-15H2,(H,26,27,28). The first kappa shape index (κ1) is 20.5. The largest absolute Gasteiger partial charge is 0.508 e. The van der Waals surface area contributed by atoms with E-state index in [0.29, 0.717) is 18.4 Å². The number of phenols is 1. The zero-order valence-corrected chi connectivity index (χ0v) is 18.1. The van der Waals surface area contributed by atoms with Gasteiger partial charge >= 0.3 is 0 Å². The van der Waals surface area contributed by atoms with Crippen molar-refractivity contribution in [2.45, 2.75) is 32.2 Å². The lowest BCUT2D eigenvalue weighted by Crippen LogP contribution is -2.42. The van der Waals surface area contributed by atoms with Gasteiger partial charge in [0.15, 0.2) is 0 Å². The Morgan fingerprint density at radius 2 is 1.78 bits per heavy atom. The van der Waals surface area contributed by atoms with Gasteiger partial charge in [-0.3, -0.25) is 4.79 Å². The summed E-state index contributed by atoms with van der Waals surface area (Å²) in [5, 5.41) is 13.6. The topological polar surface area (TPSA) is 94.5 Å². The first-order valence-corrected chi connectivity index (χ1v) is 11.3. The Labute approximate surface area is 187 Å². The lowest BCUT2D eigenvalue weighted by molar-refractivity contribution is -0.135. The molecule has 32 heavy (non-hydrogen) atoms. The number of nitrogens with one attached hydrogen (secondary N) is 1. The Morgan fingerprint density at radius 1 is 1.03 bits per heavy atom. The molecule has 2 aromatic heterocycles. The van der Waals surface area contributed by atoms with Crippen molar-refractivity contribution in [2.75, 3.05) is 36.4 Å². The quantitative estimate of drug-likeness (QED) is 0.639. The van der Waals surface area contributed by atoms with Gasteiger partial charge in [-0.05, 0) is 49.4 Å². The molecule has 1 amide bonds. The summed E-state index contributed by atoms with van der Waals surface area (Å²) in [5.74, 6) is 2.16. The fourth-order valence-electron chi connectivity index (χ4n) is 4.61. The summed E-state index contributed by atoms with van der Waals surface area (Å²) in [5.41, 5.74) is 1.88. The number of aromatic hydroxyl groups is 1. The predicted octanol–water partition coefficient (Wildman–Crippen LogP) is 3.18. The van der Waals surface area contributed by atoms with E-state index in [1.165, 1.54) is 0 Å². The zero-order valence-electron chi connectivity index (χ0n) is 18.1. The molecule has 0 spiro atoms. The molecule has 2 N–H and O–H groups in total. The van der Waals surface area contributed by atoms with Gasteiger partial charge in [0.2, 0.25) is 11.9 Å². The summed E-state index contributed by atoms with van der Waals surface area (Å²) in [6, 6.07) is 8.96. The minimum absolute atomic E-state index is 0.131. The first-order valence-electron chi connectivity index (χ1n) is 11.3. The smallest absolute Gasteiger partial charge is 0.225 e. The van der Waals surface area contributed by atoms with Crippen LogP contribution in [0.4, 0.5) is 11.8 Å². The molecule has 8 heteroatoms. The summed E-state index contributed by atoms with van der Waals surface area (Å²) in [4.78, 5) is 30.8. The minimum atomic E-state index is 0.131. The predicted molar refractivity (Wildman–Crippen MR) is 124 cm³/mol. The van der Waals surface area contributed by atoms with Crippen molar-refractivity contribution >= 4 is 28.6 Å². The van der Waals surface area contributed by atoms with Crippen molar-refractivity contribution in [2.24, 2.45) is 5.92 Å². The number of hydrogen-bond donors (Lipinski definition) is 2. The Kier molecular flexibility index (Phi) is 5.75. The molecule has 4 heterocycles. The molecule has 0 saturated carbocycles. The van der Waals surface area contributed by atoms with E-state index in [2.05, 4.69) is 25.2 Å². The molecule has 166 valence electrons. The zero-order chi connectivity index (χ0) is 21.9. The SMILES string of the molecule is O=C(C1CCN(c2nccc3nc(NCc4ccc(O)cc4)ncc23)CC1)N1CCCC1. The second-order valence-electron chi connectivity index (χ2n) is 8.57. The molecule has 8 nitrogen and oxygen atoms in total. The molecule has 2 saturated heterocycles. The fraction of sp³-hybridized carbons (Fsp3) is 0.417. The molecule has 5 rings (SSSR count). The van der Waals surface area contributed by atoms with Crippen molar-refractivity contribution in [3.8, 4) is 5.75 Å². The molecule has 1 aromatic carbocycles. The van der Waals surface area contributed by atoms with Crippen LogP contribution in [0.15, 0.2) is 42.7 Å². The van der Waals surface area contributed by atoms with Crippen LogP contribution >= 0.6 is 0 Å². The van der Waals surface area contributed by atoms with Crippen LogP contribution in [0.5, 0.6) is 5.75 Å². The van der Waals surface area contributed by atoms with E-state index in [-0.39, 0.29) is 11.7 Å². The Hall–Kier alpha value is -3.42.